The summed E-state index contributed by atoms with van der Waals surface area (Å²) in [7, 11) is 0. The maximum Gasteiger partial charge on any atom is 0.0465 e. The number of benzene rings is 6. The molecule has 7 rings (SSSR count). The van der Waals surface area contributed by atoms with E-state index in [0.29, 0.717) is 0 Å². The third-order valence-corrected chi connectivity index (χ3v) is 8.51. The Morgan fingerprint density at radius 2 is 0.927 bits per heavy atom. The first-order valence-corrected chi connectivity index (χ1v) is 14.5. The molecule has 0 N–H and O–H groups in total. The van der Waals surface area contributed by atoms with E-state index in [-0.39, 0.29) is 5.41 Å². The van der Waals surface area contributed by atoms with Gasteiger partial charge in [0.2, 0.25) is 0 Å². The van der Waals surface area contributed by atoms with Gasteiger partial charge in [0.1, 0.15) is 0 Å². The average Bonchev–Trinajstić information content (AvgIpc) is 3.28. The predicted molar refractivity (Wildman–Crippen MR) is 172 cm³/mol. The highest BCUT2D eigenvalue weighted by molar-refractivity contribution is 5.86. The Labute approximate surface area is 243 Å². The lowest BCUT2D eigenvalue weighted by molar-refractivity contribution is 0.520. The third-order valence-electron chi connectivity index (χ3n) is 8.51. The van der Waals surface area contributed by atoms with Crippen molar-refractivity contribution in [1.82, 2.24) is 0 Å². The number of para-hydroxylation sites is 1. The summed E-state index contributed by atoms with van der Waals surface area (Å²) in [5, 5.41) is 0. The molecule has 0 amide bonds. The minimum atomic E-state index is -0.194. The molecule has 0 saturated carbocycles. The van der Waals surface area contributed by atoms with Gasteiger partial charge in [0.25, 0.3) is 0 Å². The summed E-state index contributed by atoms with van der Waals surface area (Å²) >= 11 is 0. The van der Waals surface area contributed by atoms with Crippen molar-refractivity contribution in [2.24, 2.45) is 0 Å². The highest BCUT2D eigenvalue weighted by Crippen LogP contribution is 2.53. The fourth-order valence-electron chi connectivity index (χ4n) is 6.63. The Morgan fingerprint density at radius 1 is 0.439 bits per heavy atom. The van der Waals surface area contributed by atoms with Gasteiger partial charge in [-0.05, 0) is 89.5 Å². The van der Waals surface area contributed by atoms with Gasteiger partial charge in [0, 0.05) is 22.5 Å². The van der Waals surface area contributed by atoms with Crippen LogP contribution in [0, 0.1) is 6.92 Å². The van der Waals surface area contributed by atoms with Crippen LogP contribution in [0.3, 0.4) is 0 Å². The van der Waals surface area contributed by atoms with Crippen LogP contribution in [0.2, 0.25) is 0 Å². The number of nitrogens with zero attached hydrogens (tertiary/aromatic N) is 1. The van der Waals surface area contributed by atoms with Crippen molar-refractivity contribution in [3.8, 4) is 11.1 Å². The second kappa shape index (κ2) is 10.6. The monoisotopic (exact) mass is 527 g/mol. The quantitative estimate of drug-likeness (QED) is 0.200. The van der Waals surface area contributed by atoms with Crippen molar-refractivity contribution in [2.75, 3.05) is 4.90 Å². The molecule has 41 heavy (non-hydrogen) atoms. The minimum Gasteiger partial charge on any atom is -0.310 e. The molecule has 0 atom stereocenters. The number of anilines is 3. The molecule has 0 unspecified atom stereocenters. The van der Waals surface area contributed by atoms with Crippen LogP contribution in [0.4, 0.5) is 17.1 Å². The normalized spacial score (nSPS) is 12.9. The lowest BCUT2D eigenvalue weighted by Crippen LogP contribution is -2.31. The van der Waals surface area contributed by atoms with Crippen molar-refractivity contribution in [3.63, 3.8) is 0 Å². The second-order valence-electron chi connectivity index (χ2n) is 11.2. The number of hydrogen-bond acceptors (Lipinski definition) is 1. The molecule has 0 heterocycles. The summed E-state index contributed by atoms with van der Waals surface area (Å²) < 4.78 is 0. The molecule has 1 nitrogen and oxygen atoms in total. The van der Waals surface area contributed by atoms with E-state index in [1.54, 1.807) is 0 Å². The van der Waals surface area contributed by atoms with Crippen LogP contribution >= 0.6 is 0 Å². The van der Waals surface area contributed by atoms with Gasteiger partial charge in [0.05, 0.1) is 0 Å². The lowest BCUT2D eigenvalue weighted by Gasteiger charge is -2.34. The Bertz CT molecular complexity index is 1730. The molecular formula is C40H33N. The zero-order valence-electron chi connectivity index (χ0n) is 23.4. The van der Waals surface area contributed by atoms with Gasteiger partial charge in [-0.3, -0.25) is 0 Å². The lowest BCUT2D eigenvalue weighted by atomic mass is 9.69. The molecule has 0 fully saturated rings. The Balaban J connectivity index is 1.46. The van der Waals surface area contributed by atoms with Gasteiger partial charge in [-0.1, -0.05) is 127 Å². The van der Waals surface area contributed by atoms with Crippen LogP contribution in [-0.2, 0) is 18.3 Å². The van der Waals surface area contributed by atoms with Gasteiger partial charge in [-0.25, -0.2) is 0 Å². The molecule has 0 spiro atoms. The molecule has 0 aliphatic heterocycles. The molecule has 0 saturated heterocycles. The van der Waals surface area contributed by atoms with E-state index in [0.717, 1.165) is 24.2 Å². The maximum atomic E-state index is 2.47. The van der Waals surface area contributed by atoms with Crippen molar-refractivity contribution in [3.05, 3.63) is 186 Å². The SMILES string of the molecule is Cc1ccc(N(c2ccccc2)c2ccc3c(c2)C(Cc2ccccc2)(Cc2ccccc2)c2ccccc2-3)cc1. The van der Waals surface area contributed by atoms with Gasteiger partial charge < -0.3 is 4.90 Å². The maximum absolute atomic E-state index is 2.47. The van der Waals surface area contributed by atoms with Crippen LogP contribution in [-0.4, -0.2) is 0 Å². The van der Waals surface area contributed by atoms with E-state index in [4.69, 9.17) is 0 Å². The zero-order chi connectivity index (χ0) is 27.6. The van der Waals surface area contributed by atoms with E-state index in [9.17, 15) is 0 Å². The Kier molecular flexibility index (Phi) is 6.49. The summed E-state index contributed by atoms with van der Waals surface area (Å²) in [6, 6.07) is 57.7. The third kappa shape index (κ3) is 4.64. The van der Waals surface area contributed by atoms with Gasteiger partial charge in [0.15, 0.2) is 0 Å². The van der Waals surface area contributed by atoms with E-state index in [1.807, 2.05) is 0 Å². The van der Waals surface area contributed by atoms with E-state index >= 15 is 0 Å². The molecule has 1 aliphatic carbocycles. The molecule has 0 radical (unpaired) electrons. The number of hydrogen-bond donors (Lipinski definition) is 0. The predicted octanol–water partition coefficient (Wildman–Crippen LogP) is 10.2. The molecule has 0 bridgehead atoms. The van der Waals surface area contributed by atoms with Crippen LogP contribution in [0.5, 0.6) is 0 Å². The fraction of sp³-hybridized carbons (Fsp3) is 0.100. The van der Waals surface area contributed by atoms with Crippen LogP contribution in [0.15, 0.2) is 158 Å². The van der Waals surface area contributed by atoms with Crippen LogP contribution in [0.1, 0.15) is 27.8 Å². The largest absolute Gasteiger partial charge is 0.310 e. The highest BCUT2D eigenvalue weighted by atomic mass is 15.1. The van der Waals surface area contributed by atoms with Crippen LogP contribution in [0.25, 0.3) is 11.1 Å². The molecule has 6 aromatic carbocycles. The first-order valence-electron chi connectivity index (χ1n) is 14.5. The molecule has 0 aromatic heterocycles. The molecule has 198 valence electrons. The van der Waals surface area contributed by atoms with E-state index in [1.165, 1.54) is 44.6 Å². The zero-order valence-corrected chi connectivity index (χ0v) is 23.4. The van der Waals surface area contributed by atoms with Crippen molar-refractivity contribution in [1.29, 1.82) is 0 Å². The van der Waals surface area contributed by atoms with Gasteiger partial charge in [-0.2, -0.15) is 0 Å². The van der Waals surface area contributed by atoms with Crippen molar-refractivity contribution in [2.45, 2.75) is 25.2 Å². The molecule has 6 aromatic rings. The fourth-order valence-corrected chi connectivity index (χ4v) is 6.63. The molecule has 1 aliphatic rings. The van der Waals surface area contributed by atoms with Crippen molar-refractivity contribution >= 4 is 17.1 Å². The number of fused-ring (bicyclic) bond motifs is 3. The highest BCUT2D eigenvalue weighted by Gasteiger charge is 2.43. The summed E-state index contributed by atoms with van der Waals surface area (Å²) in [4.78, 5) is 2.39. The minimum absolute atomic E-state index is 0.194. The number of rotatable bonds is 7. The molecule has 1 heteroatoms. The topological polar surface area (TPSA) is 3.24 Å². The standard InChI is InChI=1S/C40H33N/c1-30-21-23-34(24-22-30)41(33-17-9-4-10-18-33)35-25-26-37-36-19-11-12-20-38(36)40(39(37)27-35,28-31-13-5-2-6-14-31)29-32-15-7-3-8-16-32/h2-27H,28-29H2,1H3. The second-order valence-corrected chi connectivity index (χ2v) is 11.2. The number of aryl methyl sites for hydroxylation is 1. The van der Waals surface area contributed by atoms with Crippen LogP contribution < -0.4 is 4.90 Å². The first-order chi connectivity index (χ1) is 20.2. The molecular weight excluding hydrogens is 494 g/mol. The van der Waals surface area contributed by atoms with E-state index < -0.39 is 0 Å². The van der Waals surface area contributed by atoms with E-state index in [2.05, 4.69) is 170 Å². The Hall–Kier alpha value is -4.88. The average molecular weight is 528 g/mol. The smallest absolute Gasteiger partial charge is 0.0465 e. The first kappa shape index (κ1) is 25.1. The van der Waals surface area contributed by atoms with Gasteiger partial charge in [-0.15, -0.1) is 0 Å². The summed E-state index contributed by atoms with van der Waals surface area (Å²) in [6.45, 7) is 2.14. The van der Waals surface area contributed by atoms with Crippen molar-refractivity contribution < 1.29 is 0 Å². The summed E-state index contributed by atoms with van der Waals surface area (Å²) in [6.07, 6.45) is 1.87. The van der Waals surface area contributed by atoms with Gasteiger partial charge >= 0.3 is 0 Å². The summed E-state index contributed by atoms with van der Waals surface area (Å²) in [5.41, 5.74) is 12.8. The summed E-state index contributed by atoms with van der Waals surface area (Å²) in [5.74, 6) is 0. The Morgan fingerprint density at radius 3 is 1.56 bits per heavy atom.